The van der Waals surface area contributed by atoms with E-state index in [4.69, 9.17) is 9.47 Å². The lowest BCUT2D eigenvalue weighted by molar-refractivity contribution is -0.116. The maximum atomic E-state index is 12.2. The number of hydrogen-bond acceptors (Lipinski definition) is 5. The standard InChI is InChI=1S/C23H25NO5S/c1-30(26,27)16-15-28-20-10-5-9-19(17-20)24-23(25)13-6-14-29-22-12-4-8-18-7-2-3-11-21(18)22/h2-5,7-12,17H,6,13-16H2,1H3,(H,24,25). The van der Waals surface area contributed by atoms with Crippen molar-refractivity contribution in [2.24, 2.45) is 0 Å². The van der Waals surface area contributed by atoms with Crippen LogP contribution in [0.15, 0.2) is 66.7 Å². The largest absolute Gasteiger partial charge is 0.493 e. The molecular formula is C23H25NO5S. The fourth-order valence-corrected chi connectivity index (χ4v) is 3.32. The molecule has 0 radical (unpaired) electrons. The second kappa shape index (κ2) is 10.1. The summed E-state index contributed by atoms with van der Waals surface area (Å²) in [6.45, 7) is 0.512. The molecule has 3 aromatic carbocycles. The molecule has 0 saturated carbocycles. The van der Waals surface area contributed by atoms with E-state index in [0.29, 0.717) is 30.9 Å². The van der Waals surface area contributed by atoms with E-state index >= 15 is 0 Å². The molecule has 1 amide bonds. The van der Waals surface area contributed by atoms with Crippen molar-refractivity contribution in [2.75, 3.05) is 30.5 Å². The van der Waals surface area contributed by atoms with E-state index in [1.54, 1.807) is 24.3 Å². The first-order valence-corrected chi connectivity index (χ1v) is 11.8. The fraction of sp³-hybridized carbons (Fsp3) is 0.261. The first kappa shape index (κ1) is 21.6. The highest BCUT2D eigenvalue weighted by atomic mass is 32.2. The van der Waals surface area contributed by atoms with Crippen LogP contribution in [-0.4, -0.2) is 39.5 Å². The second-order valence-electron chi connectivity index (χ2n) is 6.98. The van der Waals surface area contributed by atoms with Gasteiger partial charge in [0.25, 0.3) is 0 Å². The maximum absolute atomic E-state index is 12.2. The van der Waals surface area contributed by atoms with Gasteiger partial charge < -0.3 is 14.8 Å². The molecule has 158 valence electrons. The molecule has 0 aromatic heterocycles. The summed E-state index contributed by atoms with van der Waals surface area (Å²) in [6.07, 6.45) is 2.07. The summed E-state index contributed by atoms with van der Waals surface area (Å²) in [6, 6.07) is 20.8. The molecule has 1 N–H and O–H groups in total. The van der Waals surface area contributed by atoms with E-state index in [0.717, 1.165) is 22.8 Å². The van der Waals surface area contributed by atoms with Gasteiger partial charge in [0, 0.05) is 29.8 Å². The van der Waals surface area contributed by atoms with Crippen molar-refractivity contribution < 1.29 is 22.7 Å². The number of anilines is 1. The van der Waals surface area contributed by atoms with Crippen LogP contribution in [0.3, 0.4) is 0 Å². The summed E-state index contributed by atoms with van der Waals surface area (Å²) in [5.74, 6) is 1.15. The average Bonchev–Trinajstić information content (AvgIpc) is 2.71. The summed E-state index contributed by atoms with van der Waals surface area (Å²) in [7, 11) is -3.08. The van der Waals surface area contributed by atoms with Gasteiger partial charge in [0.1, 0.15) is 18.1 Å². The monoisotopic (exact) mass is 427 g/mol. The normalized spacial score (nSPS) is 11.2. The molecule has 0 aliphatic carbocycles. The van der Waals surface area contributed by atoms with Crippen molar-refractivity contribution in [3.63, 3.8) is 0 Å². The average molecular weight is 428 g/mol. The molecule has 0 aliphatic heterocycles. The van der Waals surface area contributed by atoms with E-state index in [1.165, 1.54) is 0 Å². The van der Waals surface area contributed by atoms with Crippen LogP contribution in [0.1, 0.15) is 12.8 Å². The lowest BCUT2D eigenvalue weighted by Gasteiger charge is -2.10. The van der Waals surface area contributed by atoms with E-state index in [9.17, 15) is 13.2 Å². The number of ether oxygens (including phenoxy) is 2. The van der Waals surface area contributed by atoms with Crippen molar-refractivity contribution in [1.29, 1.82) is 0 Å². The Kier molecular flexibility index (Phi) is 7.30. The highest BCUT2D eigenvalue weighted by Crippen LogP contribution is 2.25. The molecule has 0 heterocycles. The molecule has 6 nitrogen and oxygen atoms in total. The predicted octanol–water partition coefficient (Wildman–Crippen LogP) is 4.06. The molecule has 3 rings (SSSR count). The summed E-state index contributed by atoms with van der Waals surface area (Å²) < 4.78 is 33.6. The van der Waals surface area contributed by atoms with Crippen LogP contribution >= 0.6 is 0 Å². The minimum absolute atomic E-state index is 0.0553. The third kappa shape index (κ3) is 6.77. The van der Waals surface area contributed by atoms with Crippen LogP contribution in [0, 0.1) is 0 Å². The highest BCUT2D eigenvalue weighted by molar-refractivity contribution is 7.90. The van der Waals surface area contributed by atoms with Gasteiger partial charge in [0.2, 0.25) is 5.91 Å². The molecule has 7 heteroatoms. The molecule has 0 aliphatic rings. The molecule has 0 saturated heterocycles. The van der Waals surface area contributed by atoms with Gasteiger partial charge in [-0.15, -0.1) is 0 Å². The zero-order valence-corrected chi connectivity index (χ0v) is 17.7. The smallest absolute Gasteiger partial charge is 0.224 e. The molecule has 30 heavy (non-hydrogen) atoms. The predicted molar refractivity (Wildman–Crippen MR) is 119 cm³/mol. The minimum Gasteiger partial charge on any atom is -0.493 e. The van der Waals surface area contributed by atoms with Crippen LogP contribution in [0.2, 0.25) is 0 Å². The van der Waals surface area contributed by atoms with Gasteiger partial charge in [-0.1, -0.05) is 42.5 Å². The zero-order chi connectivity index (χ0) is 21.4. The maximum Gasteiger partial charge on any atom is 0.224 e. The Morgan fingerprint density at radius 2 is 1.70 bits per heavy atom. The van der Waals surface area contributed by atoms with E-state index < -0.39 is 9.84 Å². The lowest BCUT2D eigenvalue weighted by Crippen LogP contribution is -2.14. The Bertz CT molecular complexity index is 1110. The van der Waals surface area contributed by atoms with Crippen LogP contribution in [0.25, 0.3) is 10.8 Å². The number of carbonyl (C=O) groups is 1. The summed E-state index contributed by atoms with van der Waals surface area (Å²) in [5, 5.41) is 4.99. The van der Waals surface area contributed by atoms with Crippen LogP contribution in [0.4, 0.5) is 5.69 Å². The first-order valence-electron chi connectivity index (χ1n) is 9.72. The quantitative estimate of drug-likeness (QED) is 0.494. The van der Waals surface area contributed by atoms with E-state index in [2.05, 4.69) is 5.32 Å². The van der Waals surface area contributed by atoms with Crippen molar-refractivity contribution in [3.8, 4) is 11.5 Å². The number of fused-ring (bicyclic) bond motifs is 1. The second-order valence-corrected chi connectivity index (χ2v) is 9.24. The number of amides is 1. The summed E-state index contributed by atoms with van der Waals surface area (Å²) in [5.41, 5.74) is 0.604. The van der Waals surface area contributed by atoms with Gasteiger partial charge in [-0.3, -0.25) is 4.79 Å². The van der Waals surface area contributed by atoms with Crippen molar-refractivity contribution in [3.05, 3.63) is 66.7 Å². The van der Waals surface area contributed by atoms with Gasteiger partial charge in [-0.05, 0) is 30.0 Å². The first-order chi connectivity index (χ1) is 14.4. The molecule has 0 spiro atoms. The zero-order valence-electron chi connectivity index (χ0n) is 16.8. The van der Waals surface area contributed by atoms with Gasteiger partial charge >= 0.3 is 0 Å². The Morgan fingerprint density at radius 3 is 2.53 bits per heavy atom. The Labute approximate surface area is 176 Å². The SMILES string of the molecule is CS(=O)(=O)CCOc1cccc(NC(=O)CCCOc2cccc3ccccc23)c1. The molecule has 0 unspecified atom stereocenters. The molecule has 3 aromatic rings. The number of sulfone groups is 1. The number of carbonyl (C=O) groups excluding carboxylic acids is 1. The van der Waals surface area contributed by atoms with Crippen molar-refractivity contribution >= 4 is 32.2 Å². The molecule has 0 atom stereocenters. The number of rotatable bonds is 10. The van der Waals surface area contributed by atoms with Gasteiger partial charge in [-0.2, -0.15) is 0 Å². The van der Waals surface area contributed by atoms with Crippen LogP contribution in [-0.2, 0) is 14.6 Å². The number of hydrogen-bond donors (Lipinski definition) is 1. The van der Waals surface area contributed by atoms with Gasteiger partial charge in [-0.25, -0.2) is 8.42 Å². The topological polar surface area (TPSA) is 81.7 Å². The minimum atomic E-state index is -3.08. The Balaban J connectivity index is 1.44. The molecule has 0 fully saturated rings. The summed E-state index contributed by atoms with van der Waals surface area (Å²) >= 11 is 0. The van der Waals surface area contributed by atoms with Crippen LogP contribution < -0.4 is 14.8 Å². The van der Waals surface area contributed by atoms with E-state index in [1.807, 2.05) is 42.5 Å². The lowest BCUT2D eigenvalue weighted by atomic mass is 10.1. The number of benzene rings is 3. The van der Waals surface area contributed by atoms with Gasteiger partial charge in [0.05, 0.1) is 12.4 Å². The fourth-order valence-electron chi connectivity index (χ4n) is 2.93. The molecule has 0 bridgehead atoms. The van der Waals surface area contributed by atoms with Crippen molar-refractivity contribution in [2.45, 2.75) is 12.8 Å². The van der Waals surface area contributed by atoms with Crippen LogP contribution in [0.5, 0.6) is 11.5 Å². The van der Waals surface area contributed by atoms with Gasteiger partial charge in [0.15, 0.2) is 9.84 Å². The molecular weight excluding hydrogens is 402 g/mol. The Hall–Kier alpha value is -3.06. The third-order valence-electron chi connectivity index (χ3n) is 4.40. The number of nitrogens with one attached hydrogen (secondary N) is 1. The summed E-state index contributed by atoms with van der Waals surface area (Å²) in [4.78, 5) is 12.2. The van der Waals surface area contributed by atoms with E-state index in [-0.39, 0.29) is 18.3 Å². The Morgan fingerprint density at radius 1 is 0.933 bits per heavy atom. The third-order valence-corrected chi connectivity index (χ3v) is 5.30. The van der Waals surface area contributed by atoms with Crippen molar-refractivity contribution in [1.82, 2.24) is 0 Å². The highest BCUT2D eigenvalue weighted by Gasteiger charge is 2.06.